The summed E-state index contributed by atoms with van der Waals surface area (Å²) in [6.07, 6.45) is 1.72. The van der Waals surface area contributed by atoms with E-state index in [0.29, 0.717) is 19.0 Å². The summed E-state index contributed by atoms with van der Waals surface area (Å²) in [5, 5.41) is 5.36. The Morgan fingerprint density at radius 3 is 2.59 bits per heavy atom. The van der Waals surface area contributed by atoms with E-state index < -0.39 is 18.4 Å². The number of alkyl halides is 3. The van der Waals surface area contributed by atoms with Crippen LogP contribution in [0.5, 0.6) is 5.75 Å². The Kier molecular flexibility index (Phi) is 6.54. The van der Waals surface area contributed by atoms with Crippen LogP contribution in [0.3, 0.4) is 0 Å². The molecule has 7 nitrogen and oxygen atoms in total. The van der Waals surface area contributed by atoms with Gasteiger partial charge in [0, 0.05) is 31.7 Å². The molecule has 0 radical (unpaired) electrons. The second-order valence-electron chi connectivity index (χ2n) is 5.72. The second-order valence-corrected chi connectivity index (χ2v) is 5.72. The average Bonchev–Trinajstić information content (AvgIpc) is 2.59. The van der Waals surface area contributed by atoms with Gasteiger partial charge in [0.15, 0.2) is 5.75 Å². The first-order chi connectivity index (χ1) is 12.7. The topological polar surface area (TPSA) is 89.0 Å². The van der Waals surface area contributed by atoms with Crippen LogP contribution in [-0.4, -0.2) is 34.1 Å². The Hall–Kier alpha value is -2.91. The van der Waals surface area contributed by atoms with Crippen molar-refractivity contribution < 1.29 is 22.7 Å². The van der Waals surface area contributed by atoms with E-state index in [2.05, 4.69) is 25.6 Å². The second kappa shape index (κ2) is 8.65. The fourth-order valence-electron chi connectivity index (χ4n) is 2.13. The third kappa shape index (κ3) is 5.80. The highest BCUT2D eigenvalue weighted by Crippen LogP contribution is 2.31. The minimum absolute atomic E-state index is 0.114. The number of aryl methyl sites for hydroxylation is 1. The molecule has 0 unspecified atom stereocenters. The number of pyridine rings is 1. The minimum Gasteiger partial charge on any atom is -0.487 e. The van der Waals surface area contributed by atoms with E-state index in [4.69, 9.17) is 4.74 Å². The Morgan fingerprint density at radius 1 is 1.26 bits per heavy atom. The van der Waals surface area contributed by atoms with Gasteiger partial charge >= 0.3 is 5.92 Å². The number of amides is 1. The largest absolute Gasteiger partial charge is 0.487 e. The van der Waals surface area contributed by atoms with Crippen LogP contribution < -0.4 is 15.4 Å². The highest BCUT2D eigenvalue weighted by atomic mass is 19.3. The first kappa shape index (κ1) is 20.4. The number of ether oxygens (including phenoxy) is 1. The fourth-order valence-corrected chi connectivity index (χ4v) is 2.13. The van der Waals surface area contributed by atoms with Crippen molar-refractivity contribution in [2.75, 3.05) is 23.9 Å². The molecule has 0 atom stereocenters. The molecule has 146 valence electrons. The predicted molar refractivity (Wildman–Crippen MR) is 94.3 cm³/mol. The van der Waals surface area contributed by atoms with Crippen LogP contribution in [0.25, 0.3) is 0 Å². The molecule has 10 heteroatoms. The standard InChI is InChI=1S/C17H20F3N5O2/c1-4-11-7-15(25-16(23-11)17(3,19)20)24-12-8-14(22-10(2)26)21-9-13(12)27-6-5-18/h7-9H,4-6H2,1-3H3,(H2,21,22,23,24,25,26). The molecule has 0 bridgehead atoms. The first-order valence-corrected chi connectivity index (χ1v) is 8.22. The number of nitrogens with zero attached hydrogens (tertiary/aromatic N) is 3. The monoisotopic (exact) mass is 383 g/mol. The van der Waals surface area contributed by atoms with Crippen molar-refractivity contribution in [2.24, 2.45) is 0 Å². The number of halogens is 3. The van der Waals surface area contributed by atoms with Crippen LogP contribution in [0.2, 0.25) is 0 Å². The zero-order chi connectivity index (χ0) is 20.0. The molecule has 0 aliphatic carbocycles. The van der Waals surface area contributed by atoms with Gasteiger partial charge in [0.05, 0.1) is 11.9 Å². The lowest BCUT2D eigenvalue weighted by atomic mass is 10.2. The van der Waals surface area contributed by atoms with E-state index in [1.165, 1.54) is 25.3 Å². The van der Waals surface area contributed by atoms with Crippen LogP contribution in [0.1, 0.15) is 32.3 Å². The van der Waals surface area contributed by atoms with Crippen molar-refractivity contribution in [2.45, 2.75) is 33.1 Å². The van der Waals surface area contributed by atoms with Gasteiger partial charge in [-0.1, -0.05) is 6.92 Å². The molecule has 0 spiro atoms. The first-order valence-electron chi connectivity index (χ1n) is 8.22. The molecule has 0 saturated heterocycles. The van der Waals surface area contributed by atoms with E-state index in [9.17, 15) is 18.0 Å². The highest BCUT2D eigenvalue weighted by molar-refractivity contribution is 5.88. The fraction of sp³-hybridized carbons (Fsp3) is 0.412. The zero-order valence-electron chi connectivity index (χ0n) is 15.1. The maximum atomic E-state index is 13.7. The molecule has 2 aromatic rings. The Labute approximate surface area is 154 Å². The van der Waals surface area contributed by atoms with Gasteiger partial charge in [0.25, 0.3) is 0 Å². The lowest BCUT2D eigenvalue weighted by Crippen LogP contribution is -2.15. The summed E-state index contributed by atoms with van der Waals surface area (Å²) < 4.78 is 45.0. The molecule has 2 rings (SSSR count). The number of carbonyl (C=O) groups excluding carboxylic acids is 1. The van der Waals surface area contributed by atoms with Gasteiger partial charge in [-0.15, -0.1) is 0 Å². The number of carbonyl (C=O) groups is 1. The van der Waals surface area contributed by atoms with Crippen molar-refractivity contribution in [1.82, 2.24) is 15.0 Å². The summed E-state index contributed by atoms with van der Waals surface area (Å²) in [5.74, 6) is -3.66. The molecule has 0 aromatic carbocycles. The van der Waals surface area contributed by atoms with Crippen molar-refractivity contribution >= 4 is 23.2 Å². The lowest BCUT2D eigenvalue weighted by molar-refractivity contribution is -0.114. The van der Waals surface area contributed by atoms with E-state index in [1.807, 2.05) is 0 Å². The van der Waals surface area contributed by atoms with Crippen LogP contribution in [0.15, 0.2) is 18.3 Å². The molecule has 27 heavy (non-hydrogen) atoms. The zero-order valence-corrected chi connectivity index (χ0v) is 15.1. The summed E-state index contributed by atoms with van der Waals surface area (Å²) in [6.45, 7) is 2.88. The number of hydrogen-bond acceptors (Lipinski definition) is 6. The van der Waals surface area contributed by atoms with E-state index in [1.54, 1.807) is 6.92 Å². The maximum Gasteiger partial charge on any atom is 0.303 e. The van der Waals surface area contributed by atoms with Gasteiger partial charge < -0.3 is 15.4 Å². The SMILES string of the molecule is CCc1cc(Nc2cc(NC(C)=O)ncc2OCCF)nc(C(C)(F)F)n1. The number of hydrogen-bond donors (Lipinski definition) is 2. The van der Waals surface area contributed by atoms with Crippen molar-refractivity contribution in [3.05, 3.63) is 29.8 Å². The van der Waals surface area contributed by atoms with Crippen LogP contribution >= 0.6 is 0 Å². The number of rotatable bonds is 8. The lowest BCUT2D eigenvalue weighted by Gasteiger charge is -2.16. The maximum absolute atomic E-state index is 13.7. The van der Waals surface area contributed by atoms with Gasteiger partial charge in [-0.3, -0.25) is 4.79 Å². The number of nitrogens with one attached hydrogen (secondary N) is 2. The summed E-state index contributed by atoms with van der Waals surface area (Å²) in [7, 11) is 0. The molecule has 0 saturated carbocycles. The van der Waals surface area contributed by atoms with Gasteiger partial charge in [0.2, 0.25) is 11.7 Å². The van der Waals surface area contributed by atoms with Crippen LogP contribution in [0.4, 0.5) is 30.5 Å². The van der Waals surface area contributed by atoms with E-state index >= 15 is 0 Å². The van der Waals surface area contributed by atoms with Crippen molar-refractivity contribution in [1.29, 1.82) is 0 Å². The molecular weight excluding hydrogens is 363 g/mol. The molecular formula is C17H20F3N5O2. The summed E-state index contributed by atoms with van der Waals surface area (Å²) in [5.41, 5.74) is 0.708. The Balaban J connectivity index is 2.42. The summed E-state index contributed by atoms with van der Waals surface area (Å²) in [4.78, 5) is 22.9. The van der Waals surface area contributed by atoms with Gasteiger partial charge in [-0.25, -0.2) is 19.3 Å². The van der Waals surface area contributed by atoms with Gasteiger partial charge in [-0.2, -0.15) is 8.78 Å². The van der Waals surface area contributed by atoms with Crippen molar-refractivity contribution in [3.8, 4) is 5.75 Å². The number of aromatic nitrogens is 3. The smallest absolute Gasteiger partial charge is 0.303 e. The molecule has 2 N–H and O–H groups in total. The average molecular weight is 383 g/mol. The molecule has 2 aromatic heterocycles. The Bertz CT molecular complexity index is 812. The quantitative estimate of drug-likeness (QED) is 0.724. The molecule has 0 aliphatic rings. The van der Waals surface area contributed by atoms with E-state index in [0.717, 1.165) is 0 Å². The molecule has 1 amide bonds. The third-order valence-corrected chi connectivity index (χ3v) is 3.30. The summed E-state index contributed by atoms with van der Waals surface area (Å²) in [6, 6.07) is 2.96. The minimum atomic E-state index is -3.21. The number of anilines is 3. The van der Waals surface area contributed by atoms with Crippen LogP contribution in [0, 0.1) is 0 Å². The van der Waals surface area contributed by atoms with E-state index in [-0.39, 0.29) is 35.6 Å². The summed E-state index contributed by atoms with van der Waals surface area (Å²) >= 11 is 0. The Morgan fingerprint density at radius 2 is 2.00 bits per heavy atom. The van der Waals surface area contributed by atoms with Gasteiger partial charge in [0.1, 0.15) is 24.9 Å². The van der Waals surface area contributed by atoms with Crippen LogP contribution in [-0.2, 0) is 17.1 Å². The normalized spacial score (nSPS) is 11.2. The highest BCUT2D eigenvalue weighted by Gasteiger charge is 2.29. The molecule has 0 fully saturated rings. The van der Waals surface area contributed by atoms with Gasteiger partial charge in [-0.05, 0) is 6.42 Å². The molecule has 0 aliphatic heterocycles. The predicted octanol–water partition coefficient (Wildman–Crippen LogP) is 3.60. The van der Waals surface area contributed by atoms with Crippen molar-refractivity contribution in [3.63, 3.8) is 0 Å². The third-order valence-electron chi connectivity index (χ3n) is 3.30. The molecule has 2 heterocycles.